The maximum atomic E-state index is 9.43. The summed E-state index contributed by atoms with van der Waals surface area (Å²) in [6.07, 6.45) is 1.80. The molecule has 0 spiro atoms. The summed E-state index contributed by atoms with van der Waals surface area (Å²) in [5.41, 5.74) is 2.12. The SMILES string of the molecule is Oc1cccc(CNCc2ccc(Oc3ccccc3)nc2)c1. The summed E-state index contributed by atoms with van der Waals surface area (Å²) in [7, 11) is 0. The molecule has 0 fully saturated rings. The van der Waals surface area contributed by atoms with Gasteiger partial charge in [0.25, 0.3) is 0 Å². The predicted molar refractivity (Wildman–Crippen MR) is 89.4 cm³/mol. The fourth-order valence-corrected chi connectivity index (χ4v) is 2.20. The Hall–Kier alpha value is -2.85. The monoisotopic (exact) mass is 306 g/mol. The molecule has 2 aromatic carbocycles. The topological polar surface area (TPSA) is 54.4 Å². The third-order valence-electron chi connectivity index (χ3n) is 3.33. The van der Waals surface area contributed by atoms with Crippen molar-refractivity contribution in [1.82, 2.24) is 10.3 Å². The van der Waals surface area contributed by atoms with E-state index >= 15 is 0 Å². The van der Waals surface area contributed by atoms with Gasteiger partial charge in [-0.3, -0.25) is 0 Å². The summed E-state index contributed by atoms with van der Waals surface area (Å²) in [6.45, 7) is 1.39. The number of benzene rings is 2. The molecule has 0 aliphatic heterocycles. The van der Waals surface area contributed by atoms with Crippen molar-refractivity contribution in [3.63, 3.8) is 0 Å². The van der Waals surface area contributed by atoms with E-state index in [1.54, 1.807) is 18.3 Å². The molecule has 0 aliphatic rings. The molecule has 23 heavy (non-hydrogen) atoms. The van der Waals surface area contributed by atoms with Crippen LogP contribution in [0.3, 0.4) is 0 Å². The van der Waals surface area contributed by atoms with E-state index in [0.717, 1.165) is 16.9 Å². The molecule has 0 atom stereocenters. The van der Waals surface area contributed by atoms with Gasteiger partial charge in [0.2, 0.25) is 5.88 Å². The Kier molecular flexibility index (Phi) is 4.86. The van der Waals surface area contributed by atoms with Crippen LogP contribution in [0.5, 0.6) is 17.4 Å². The number of hydrogen-bond acceptors (Lipinski definition) is 4. The molecule has 1 aromatic heterocycles. The van der Waals surface area contributed by atoms with Crippen molar-refractivity contribution in [3.8, 4) is 17.4 Å². The molecule has 0 saturated carbocycles. The van der Waals surface area contributed by atoms with Crippen molar-refractivity contribution in [2.24, 2.45) is 0 Å². The van der Waals surface area contributed by atoms with Gasteiger partial charge >= 0.3 is 0 Å². The molecule has 3 aromatic rings. The van der Waals surface area contributed by atoms with Crippen LogP contribution < -0.4 is 10.1 Å². The van der Waals surface area contributed by atoms with Crippen molar-refractivity contribution >= 4 is 0 Å². The lowest BCUT2D eigenvalue weighted by Crippen LogP contribution is -2.12. The number of para-hydroxylation sites is 1. The van der Waals surface area contributed by atoms with E-state index in [9.17, 15) is 5.11 Å². The van der Waals surface area contributed by atoms with E-state index in [1.807, 2.05) is 54.6 Å². The van der Waals surface area contributed by atoms with E-state index in [2.05, 4.69) is 10.3 Å². The maximum Gasteiger partial charge on any atom is 0.219 e. The Morgan fingerprint density at radius 2 is 1.70 bits per heavy atom. The Balaban J connectivity index is 1.51. The molecule has 1 heterocycles. The number of hydrogen-bond donors (Lipinski definition) is 2. The second-order valence-electron chi connectivity index (χ2n) is 5.19. The van der Waals surface area contributed by atoms with Gasteiger partial charge in [-0.2, -0.15) is 0 Å². The van der Waals surface area contributed by atoms with Crippen LogP contribution in [0, 0.1) is 0 Å². The molecule has 4 nitrogen and oxygen atoms in total. The van der Waals surface area contributed by atoms with Crippen LogP contribution in [0.4, 0.5) is 0 Å². The van der Waals surface area contributed by atoms with Crippen LogP contribution in [0.1, 0.15) is 11.1 Å². The minimum Gasteiger partial charge on any atom is -0.508 e. The number of ether oxygens (including phenoxy) is 1. The highest BCUT2D eigenvalue weighted by atomic mass is 16.5. The number of rotatable bonds is 6. The zero-order valence-electron chi connectivity index (χ0n) is 12.6. The lowest BCUT2D eigenvalue weighted by Gasteiger charge is -2.07. The van der Waals surface area contributed by atoms with Gasteiger partial charge in [0.15, 0.2) is 0 Å². The number of phenolic OH excluding ortho intramolecular Hbond substituents is 1. The largest absolute Gasteiger partial charge is 0.508 e. The van der Waals surface area contributed by atoms with Gasteiger partial charge in [-0.1, -0.05) is 36.4 Å². The third-order valence-corrected chi connectivity index (χ3v) is 3.33. The Morgan fingerprint density at radius 3 is 2.43 bits per heavy atom. The van der Waals surface area contributed by atoms with Gasteiger partial charge in [0.05, 0.1) is 0 Å². The summed E-state index contributed by atoms with van der Waals surface area (Å²) < 4.78 is 5.66. The highest BCUT2D eigenvalue weighted by Gasteiger charge is 2.00. The lowest BCUT2D eigenvalue weighted by atomic mass is 10.2. The first-order chi connectivity index (χ1) is 11.3. The molecule has 0 radical (unpaired) electrons. The second-order valence-corrected chi connectivity index (χ2v) is 5.19. The summed E-state index contributed by atoms with van der Waals surface area (Å²) in [4.78, 5) is 4.31. The van der Waals surface area contributed by atoms with Crippen LogP contribution in [0.15, 0.2) is 72.9 Å². The molecular formula is C19H18N2O2. The van der Waals surface area contributed by atoms with Crippen molar-refractivity contribution < 1.29 is 9.84 Å². The van der Waals surface area contributed by atoms with Crippen molar-refractivity contribution in [3.05, 3.63) is 84.1 Å². The summed E-state index contributed by atoms with van der Waals surface area (Å²) in [5, 5.41) is 12.8. The van der Waals surface area contributed by atoms with Gasteiger partial charge < -0.3 is 15.2 Å². The number of phenols is 1. The van der Waals surface area contributed by atoms with Gasteiger partial charge in [0.1, 0.15) is 11.5 Å². The molecule has 0 bridgehead atoms. The van der Waals surface area contributed by atoms with Gasteiger partial charge in [0, 0.05) is 25.4 Å². The van der Waals surface area contributed by atoms with Crippen LogP contribution in [0.25, 0.3) is 0 Å². The molecule has 0 saturated heterocycles. The number of pyridine rings is 1. The Bertz CT molecular complexity index is 743. The molecule has 4 heteroatoms. The first-order valence-corrected chi connectivity index (χ1v) is 7.46. The fourth-order valence-electron chi connectivity index (χ4n) is 2.20. The quantitative estimate of drug-likeness (QED) is 0.726. The van der Waals surface area contributed by atoms with Gasteiger partial charge in [-0.05, 0) is 35.4 Å². The fraction of sp³-hybridized carbons (Fsp3) is 0.105. The smallest absolute Gasteiger partial charge is 0.219 e. The molecule has 3 rings (SSSR count). The number of aromatic nitrogens is 1. The van der Waals surface area contributed by atoms with Crippen molar-refractivity contribution in [2.75, 3.05) is 0 Å². The summed E-state index contributed by atoms with van der Waals surface area (Å²) >= 11 is 0. The van der Waals surface area contributed by atoms with E-state index in [0.29, 0.717) is 19.0 Å². The van der Waals surface area contributed by atoms with Crippen LogP contribution in [-0.2, 0) is 13.1 Å². The highest BCUT2D eigenvalue weighted by molar-refractivity contribution is 5.28. The minimum atomic E-state index is 0.286. The first-order valence-electron chi connectivity index (χ1n) is 7.46. The van der Waals surface area contributed by atoms with Gasteiger partial charge in [-0.25, -0.2) is 4.98 Å². The van der Waals surface area contributed by atoms with E-state index in [1.165, 1.54) is 0 Å². The van der Waals surface area contributed by atoms with Crippen LogP contribution in [0.2, 0.25) is 0 Å². The van der Waals surface area contributed by atoms with E-state index in [-0.39, 0.29) is 5.75 Å². The first kappa shape index (κ1) is 15.1. The number of aromatic hydroxyl groups is 1. The molecule has 0 unspecified atom stereocenters. The standard InChI is InChI=1S/C19H18N2O2/c22-17-6-4-5-15(11-17)12-20-13-16-9-10-19(21-14-16)23-18-7-2-1-3-8-18/h1-11,14,20,22H,12-13H2. The summed E-state index contributed by atoms with van der Waals surface area (Å²) in [6, 6.07) is 20.7. The average Bonchev–Trinajstić information content (AvgIpc) is 2.58. The molecular weight excluding hydrogens is 288 g/mol. The third kappa shape index (κ3) is 4.56. The second kappa shape index (κ2) is 7.42. The zero-order chi connectivity index (χ0) is 15.9. The number of nitrogens with one attached hydrogen (secondary N) is 1. The lowest BCUT2D eigenvalue weighted by molar-refractivity contribution is 0.462. The van der Waals surface area contributed by atoms with Crippen molar-refractivity contribution in [2.45, 2.75) is 13.1 Å². The molecule has 0 aliphatic carbocycles. The minimum absolute atomic E-state index is 0.286. The normalized spacial score (nSPS) is 10.4. The van der Waals surface area contributed by atoms with Gasteiger partial charge in [-0.15, -0.1) is 0 Å². The highest BCUT2D eigenvalue weighted by Crippen LogP contribution is 2.18. The molecule has 116 valence electrons. The Morgan fingerprint density at radius 1 is 0.870 bits per heavy atom. The predicted octanol–water partition coefficient (Wildman–Crippen LogP) is 3.87. The van der Waals surface area contributed by atoms with E-state index < -0.39 is 0 Å². The maximum absolute atomic E-state index is 9.43. The van der Waals surface area contributed by atoms with Crippen LogP contribution >= 0.6 is 0 Å². The Labute approximate surface area is 135 Å². The number of nitrogens with zero attached hydrogens (tertiary/aromatic N) is 1. The van der Waals surface area contributed by atoms with Crippen molar-refractivity contribution in [1.29, 1.82) is 0 Å². The molecule has 0 amide bonds. The van der Waals surface area contributed by atoms with E-state index in [4.69, 9.17) is 4.74 Å². The zero-order valence-corrected chi connectivity index (χ0v) is 12.6. The summed E-state index contributed by atoms with van der Waals surface area (Å²) in [5.74, 6) is 1.64. The van der Waals surface area contributed by atoms with Crippen LogP contribution in [-0.4, -0.2) is 10.1 Å². The average molecular weight is 306 g/mol. The molecule has 2 N–H and O–H groups in total.